The van der Waals surface area contributed by atoms with Gasteiger partial charge < -0.3 is 0 Å². The minimum Gasteiger partial charge on any atom is -0.299 e. The van der Waals surface area contributed by atoms with E-state index in [4.69, 9.17) is 0 Å². The predicted octanol–water partition coefficient (Wildman–Crippen LogP) is 4.99. The van der Waals surface area contributed by atoms with Crippen LogP contribution in [0.2, 0.25) is 0 Å². The first-order chi connectivity index (χ1) is 7.06. The van der Waals surface area contributed by atoms with Crippen molar-refractivity contribution in [2.75, 3.05) is 0 Å². The number of ketones is 1. The lowest BCUT2D eigenvalue weighted by molar-refractivity contribution is -0.127. The van der Waals surface area contributed by atoms with Crippen molar-refractivity contribution in [1.82, 2.24) is 0 Å². The van der Waals surface area contributed by atoms with E-state index in [1.54, 1.807) is 0 Å². The lowest BCUT2D eigenvalue weighted by atomic mass is 9.80. The van der Waals surface area contributed by atoms with Gasteiger partial charge in [0.15, 0.2) is 0 Å². The van der Waals surface area contributed by atoms with E-state index in [9.17, 15) is 4.79 Å². The maximum absolute atomic E-state index is 11.9. The molecule has 0 atom stereocenters. The molecule has 0 aromatic rings. The van der Waals surface area contributed by atoms with Crippen molar-refractivity contribution in [3.05, 3.63) is 0 Å². The molecule has 0 aromatic heterocycles. The van der Waals surface area contributed by atoms with Crippen molar-refractivity contribution in [3.63, 3.8) is 0 Å². The van der Waals surface area contributed by atoms with Crippen molar-refractivity contribution >= 4 is 5.78 Å². The quantitative estimate of drug-likeness (QED) is 0.645. The SMILES string of the molecule is C.CCC(C)(C)C(=O)CCC1CCCCC1. The molecule has 96 valence electrons. The van der Waals surface area contributed by atoms with Crippen molar-refractivity contribution in [2.45, 2.75) is 79.6 Å². The average Bonchev–Trinajstić information content (AvgIpc) is 2.27. The van der Waals surface area contributed by atoms with Crippen molar-refractivity contribution in [3.8, 4) is 0 Å². The van der Waals surface area contributed by atoms with Gasteiger partial charge in [0.2, 0.25) is 0 Å². The second kappa shape index (κ2) is 7.09. The molecule has 0 unspecified atom stereocenters. The van der Waals surface area contributed by atoms with Crippen LogP contribution in [0.5, 0.6) is 0 Å². The van der Waals surface area contributed by atoms with Gasteiger partial charge in [-0.2, -0.15) is 0 Å². The van der Waals surface area contributed by atoms with E-state index in [1.807, 2.05) is 0 Å². The largest absolute Gasteiger partial charge is 0.299 e. The molecule has 0 aromatic carbocycles. The molecule has 0 heterocycles. The molecular weight excluding hydrogens is 196 g/mol. The van der Waals surface area contributed by atoms with E-state index >= 15 is 0 Å². The lowest BCUT2D eigenvalue weighted by Gasteiger charge is -2.24. The molecule has 0 spiro atoms. The number of hydrogen-bond acceptors (Lipinski definition) is 1. The Morgan fingerprint density at radius 2 is 1.75 bits per heavy atom. The first-order valence-corrected chi connectivity index (χ1v) is 6.59. The normalized spacial score (nSPS) is 17.9. The maximum atomic E-state index is 11.9. The molecule has 16 heavy (non-hydrogen) atoms. The van der Waals surface area contributed by atoms with Crippen LogP contribution >= 0.6 is 0 Å². The van der Waals surface area contributed by atoms with Crippen LogP contribution in [-0.2, 0) is 4.79 Å². The Kier molecular flexibility index (Phi) is 6.94. The third kappa shape index (κ3) is 4.67. The first kappa shape index (κ1) is 15.7. The van der Waals surface area contributed by atoms with Gasteiger partial charge in [-0.1, -0.05) is 60.3 Å². The second-order valence-corrected chi connectivity index (χ2v) is 5.70. The monoisotopic (exact) mass is 226 g/mol. The minimum absolute atomic E-state index is 0. The van der Waals surface area contributed by atoms with Crippen molar-refractivity contribution in [2.24, 2.45) is 11.3 Å². The van der Waals surface area contributed by atoms with Crippen LogP contribution in [0.3, 0.4) is 0 Å². The van der Waals surface area contributed by atoms with E-state index in [-0.39, 0.29) is 12.8 Å². The van der Waals surface area contributed by atoms with E-state index < -0.39 is 0 Å². The third-order valence-corrected chi connectivity index (χ3v) is 4.14. The summed E-state index contributed by atoms with van der Waals surface area (Å²) in [4.78, 5) is 11.9. The molecule has 1 aliphatic carbocycles. The summed E-state index contributed by atoms with van der Waals surface area (Å²) in [5, 5.41) is 0. The molecule has 1 fully saturated rings. The zero-order valence-electron chi connectivity index (χ0n) is 10.6. The van der Waals surface area contributed by atoms with Crippen LogP contribution in [0.1, 0.15) is 79.6 Å². The fourth-order valence-corrected chi connectivity index (χ4v) is 2.35. The van der Waals surface area contributed by atoms with E-state index in [1.165, 1.54) is 32.1 Å². The summed E-state index contributed by atoms with van der Waals surface area (Å²) in [5.41, 5.74) is -0.0886. The Hall–Kier alpha value is -0.330. The Bertz CT molecular complexity index is 199. The lowest BCUT2D eigenvalue weighted by Crippen LogP contribution is -2.24. The number of hydrogen-bond donors (Lipinski definition) is 0. The molecular formula is C15H30O. The highest BCUT2D eigenvalue weighted by Crippen LogP contribution is 2.30. The summed E-state index contributed by atoms with van der Waals surface area (Å²) in [6.45, 7) is 6.27. The van der Waals surface area contributed by atoms with Crippen LogP contribution in [0.25, 0.3) is 0 Å². The zero-order valence-corrected chi connectivity index (χ0v) is 10.6. The molecule has 0 aliphatic heterocycles. The standard InChI is InChI=1S/C14H26O.CH4/c1-4-14(2,3)13(15)11-10-12-8-6-5-7-9-12;/h12H,4-11H2,1-3H3;1H4. The van der Waals surface area contributed by atoms with E-state index in [0.717, 1.165) is 25.2 Å². The Labute approximate surface area is 102 Å². The predicted molar refractivity (Wildman–Crippen MR) is 71.6 cm³/mol. The van der Waals surface area contributed by atoms with Gasteiger partial charge >= 0.3 is 0 Å². The number of carbonyl (C=O) groups excluding carboxylic acids is 1. The zero-order chi connectivity index (χ0) is 11.3. The van der Waals surface area contributed by atoms with Crippen LogP contribution < -0.4 is 0 Å². The van der Waals surface area contributed by atoms with Crippen LogP contribution in [0.15, 0.2) is 0 Å². The minimum atomic E-state index is -0.0886. The number of Topliss-reactive ketones (excluding diaryl/α,β-unsaturated/α-hetero) is 1. The van der Waals surface area contributed by atoms with Crippen molar-refractivity contribution in [1.29, 1.82) is 0 Å². The molecule has 1 aliphatic rings. The summed E-state index contributed by atoms with van der Waals surface area (Å²) in [6, 6.07) is 0. The maximum Gasteiger partial charge on any atom is 0.138 e. The highest BCUT2D eigenvalue weighted by atomic mass is 16.1. The first-order valence-electron chi connectivity index (χ1n) is 6.59. The highest BCUT2D eigenvalue weighted by molar-refractivity contribution is 5.83. The Morgan fingerprint density at radius 1 is 1.19 bits per heavy atom. The molecule has 1 heteroatoms. The summed E-state index contributed by atoms with van der Waals surface area (Å²) < 4.78 is 0. The molecule has 0 bridgehead atoms. The molecule has 0 saturated heterocycles. The van der Waals surface area contributed by atoms with Gasteiger partial charge in [-0.3, -0.25) is 4.79 Å². The van der Waals surface area contributed by atoms with Crippen LogP contribution in [-0.4, -0.2) is 5.78 Å². The average molecular weight is 226 g/mol. The smallest absolute Gasteiger partial charge is 0.138 e. The summed E-state index contributed by atoms with van der Waals surface area (Å²) in [7, 11) is 0. The van der Waals surface area contributed by atoms with Gasteiger partial charge in [-0.25, -0.2) is 0 Å². The number of rotatable bonds is 5. The Balaban J connectivity index is 0.00000225. The molecule has 0 N–H and O–H groups in total. The van der Waals surface area contributed by atoms with E-state index in [0.29, 0.717) is 5.78 Å². The van der Waals surface area contributed by atoms with Gasteiger partial charge in [0, 0.05) is 11.8 Å². The fraction of sp³-hybridized carbons (Fsp3) is 0.933. The van der Waals surface area contributed by atoms with Crippen LogP contribution in [0, 0.1) is 11.3 Å². The number of carbonyl (C=O) groups is 1. The topological polar surface area (TPSA) is 17.1 Å². The second-order valence-electron chi connectivity index (χ2n) is 5.70. The Morgan fingerprint density at radius 3 is 2.25 bits per heavy atom. The van der Waals surface area contributed by atoms with Crippen molar-refractivity contribution < 1.29 is 4.79 Å². The third-order valence-electron chi connectivity index (χ3n) is 4.14. The highest BCUT2D eigenvalue weighted by Gasteiger charge is 2.25. The van der Waals surface area contributed by atoms with Gasteiger partial charge in [0.25, 0.3) is 0 Å². The molecule has 1 saturated carbocycles. The van der Waals surface area contributed by atoms with Gasteiger partial charge in [-0.15, -0.1) is 0 Å². The molecule has 1 nitrogen and oxygen atoms in total. The molecule has 0 radical (unpaired) electrons. The van der Waals surface area contributed by atoms with Crippen LogP contribution in [0.4, 0.5) is 0 Å². The van der Waals surface area contributed by atoms with Gasteiger partial charge in [0.05, 0.1) is 0 Å². The summed E-state index contributed by atoms with van der Waals surface area (Å²) >= 11 is 0. The molecule has 1 rings (SSSR count). The van der Waals surface area contributed by atoms with Gasteiger partial charge in [0.1, 0.15) is 5.78 Å². The summed E-state index contributed by atoms with van der Waals surface area (Å²) in [5.74, 6) is 1.31. The molecule has 0 amide bonds. The van der Waals surface area contributed by atoms with E-state index in [2.05, 4.69) is 20.8 Å². The summed E-state index contributed by atoms with van der Waals surface area (Å²) in [6.07, 6.45) is 9.82. The van der Waals surface area contributed by atoms with Gasteiger partial charge in [-0.05, 0) is 18.8 Å². The fourth-order valence-electron chi connectivity index (χ4n) is 2.35.